The summed E-state index contributed by atoms with van der Waals surface area (Å²) >= 11 is 0. The van der Waals surface area contributed by atoms with Gasteiger partial charge in [-0.15, -0.1) is 0 Å². The molecule has 2 aliphatic heterocycles. The fourth-order valence-electron chi connectivity index (χ4n) is 7.33. The summed E-state index contributed by atoms with van der Waals surface area (Å²) in [5, 5.41) is 5.91. The molecule has 0 aliphatic carbocycles. The third-order valence-corrected chi connectivity index (χ3v) is 10.1. The monoisotopic (exact) mass is 741 g/mol. The smallest absolute Gasteiger partial charge is 0.257 e. The van der Waals surface area contributed by atoms with Gasteiger partial charge in [-0.2, -0.15) is 0 Å². The molecule has 0 spiro atoms. The third kappa shape index (κ3) is 8.20. The Balaban J connectivity index is 0.944. The van der Waals surface area contributed by atoms with E-state index in [1.54, 1.807) is 40.3 Å². The number of carbonyl (C=O) groups is 4. The zero-order chi connectivity index (χ0) is 38.3. The van der Waals surface area contributed by atoms with Crippen LogP contribution in [-0.2, 0) is 28.7 Å². The van der Waals surface area contributed by atoms with Gasteiger partial charge in [0, 0.05) is 49.8 Å². The van der Waals surface area contributed by atoms with Crippen LogP contribution < -0.4 is 10.6 Å². The Kier molecular flexibility index (Phi) is 11.4. The molecule has 55 heavy (non-hydrogen) atoms. The van der Waals surface area contributed by atoms with Crippen molar-refractivity contribution < 1.29 is 33.1 Å². The van der Waals surface area contributed by atoms with Crippen LogP contribution in [0.5, 0.6) is 0 Å². The molecule has 2 aliphatic rings. The summed E-state index contributed by atoms with van der Waals surface area (Å²) in [7, 11) is 3.00. The van der Waals surface area contributed by atoms with Crippen LogP contribution >= 0.6 is 0 Å². The van der Waals surface area contributed by atoms with Crippen LogP contribution in [0, 0.1) is 0 Å². The first-order valence-corrected chi connectivity index (χ1v) is 18.4. The van der Waals surface area contributed by atoms with Gasteiger partial charge < -0.3 is 34.3 Å². The molecule has 4 amide bonds. The third-order valence-electron chi connectivity index (χ3n) is 10.1. The fraction of sp³-hybridized carbons (Fsp3) is 0.279. The zero-order valence-electron chi connectivity index (χ0n) is 30.7. The molecule has 2 saturated heterocycles. The summed E-state index contributed by atoms with van der Waals surface area (Å²) in [6.45, 7) is 0.972. The van der Waals surface area contributed by atoms with Gasteiger partial charge in [0.05, 0.1) is 6.20 Å². The van der Waals surface area contributed by atoms with Gasteiger partial charge in [0.1, 0.15) is 12.1 Å². The standard InChI is InChI=1S/C43H43N5O7/c1-53-37(29-11-5-3-6-12-29)42(51)47-25-9-15-34(47)39(49)45-32-21-17-28(18-22-32)36-27-44-41(55-36)31-19-23-33(24-20-31)46-40(50)35-16-10-26-48(35)43(52)38(54-2)30-13-7-4-8-14-30/h3-8,11-14,17-24,27,34-35,37-38H,9-10,15-16,25-26H2,1-2H3,(H,45,49)(H,46,50)/t34?,35?,37-,38-/m0/s1. The average Bonchev–Trinajstić information content (AvgIpc) is 4.02. The molecule has 4 aromatic carbocycles. The van der Waals surface area contributed by atoms with Gasteiger partial charge in [-0.3, -0.25) is 19.2 Å². The Morgan fingerprint density at radius 3 is 1.51 bits per heavy atom. The number of oxazole rings is 1. The number of carbonyl (C=O) groups excluding carboxylic acids is 4. The van der Waals surface area contributed by atoms with Gasteiger partial charge in [0.15, 0.2) is 18.0 Å². The number of amides is 4. The van der Waals surface area contributed by atoms with E-state index in [0.717, 1.165) is 35.1 Å². The number of methoxy groups -OCH3 is 2. The molecular formula is C43H43N5O7. The van der Waals surface area contributed by atoms with Crippen molar-refractivity contribution in [2.24, 2.45) is 0 Å². The maximum absolute atomic E-state index is 13.4. The van der Waals surface area contributed by atoms with Crippen molar-refractivity contribution in [2.75, 3.05) is 37.9 Å². The van der Waals surface area contributed by atoms with Crippen LogP contribution in [0.1, 0.15) is 49.0 Å². The zero-order valence-corrected chi connectivity index (χ0v) is 30.7. The van der Waals surface area contributed by atoms with Gasteiger partial charge in [-0.05, 0) is 85.3 Å². The maximum Gasteiger partial charge on any atom is 0.257 e. The van der Waals surface area contributed by atoms with Crippen molar-refractivity contribution >= 4 is 35.0 Å². The number of nitrogens with zero attached hydrogens (tertiary/aromatic N) is 3. The highest BCUT2D eigenvalue weighted by Gasteiger charge is 2.39. The molecule has 2 N–H and O–H groups in total. The van der Waals surface area contributed by atoms with Crippen molar-refractivity contribution in [3.63, 3.8) is 0 Å². The van der Waals surface area contributed by atoms with E-state index >= 15 is 0 Å². The van der Waals surface area contributed by atoms with E-state index in [2.05, 4.69) is 15.6 Å². The van der Waals surface area contributed by atoms with E-state index in [1.165, 1.54) is 14.2 Å². The summed E-state index contributed by atoms with van der Waals surface area (Å²) in [6, 6.07) is 31.7. The molecule has 1 aromatic heterocycles. The Bertz CT molecular complexity index is 1960. The number of rotatable bonds is 12. The lowest BCUT2D eigenvalue weighted by molar-refractivity contribution is -0.146. The van der Waals surface area contributed by atoms with E-state index in [-0.39, 0.29) is 23.6 Å². The number of likely N-dealkylation sites (tertiary alicyclic amines) is 2. The molecule has 0 radical (unpaired) electrons. The number of hydrogen-bond donors (Lipinski definition) is 2. The first-order valence-electron chi connectivity index (χ1n) is 18.4. The molecule has 4 atom stereocenters. The quantitative estimate of drug-likeness (QED) is 0.145. The molecule has 3 heterocycles. The van der Waals surface area contributed by atoms with Gasteiger partial charge >= 0.3 is 0 Å². The van der Waals surface area contributed by atoms with Gasteiger partial charge in [-0.1, -0.05) is 60.7 Å². The maximum atomic E-state index is 13.4. The Hall–Kier alpha value is -6.11. The van der Waals surface area contributed by atoms with Gasteiger partial charge in [-0.25, -0.2) is 4.98 Å². The minimum atomic E-state index is -0.778. The Labute approximate surface area is 319 Å². The lowest BCUT2D eigenvalue weighted by Crippen LogP contribution is -2.45. The summed E-state index contributed by atoms with van der Waals surface area (Å²) in [4.78, 5) is 61.2. The van der Waals surface area contributed by atoms with Crippen LogP contribution in [-0.4, -0.2) is 77.8 Å². The van der Waals surface area contributed by atoms with Gasteiger partial charge in [0.2, 0.25) is 17.7 Å². The first-order chi connectivity index (χ1) is 26.8. The van der Waals surface area contributed by atoms with E-state index in [4.69, 9.17) is 13.9 Å². The van der Waals surface area contributed by atoms with Crippen molar-refractivity contribution in [3.05, 3.63) is 127 Å². The van der Waals surface area contributed by atoms with Crippen LogP contribution in [0.4, 0.5) is 11.4 Å². The molecule has 7 rings (SSSR count). The molecule has 12 heteroatoms. The summed E-state index contributed by atoms with van der Waals surface area (Å²) in [5.41, 5.74) is 4.16. The predicted molar refractivity (Wildman–Crippen MR) is 206 cm³/mol. The Morgan fingerprint density at radius 2 is 1.07 bits per heavy atom. The molecule has 2 fully saturated rings. The lowest BCUT2D eigenvalue weighted by Gasteiger charge is -2.27. The normalized spacial score (nSPS) is 17.8. The van der Waals surface area contributed by atoms with Gasteiger partial charge in [0.25, 0.3) is 11.8 Å². The number of aromatic nitrogens is 1. The molecule has 12 nitrogen and oxygen atoms in total. The Morgan fingerprint density at radius 1 is 0.636 bits per heavy atom. The number of nitrogens with one attached hydrogen (secondary N) is 2. The second-order valence-electron chi connectivity index (χ2n) is 13.6. The second kappa shape index (κ2) is 16.9. The molecule has 0 bridgehead atoms. The van der Waals surface area contributed by atoms with E-state index < -0.39 is 24.3 Å². The van der Waals surface area contributed by atoms with E-state index in [0.29, 0.717) is 49.0 Å². The minimum Gasteiger partial charge on any atom is -0.436 e. The van der Waals surface area contributed by atoms with Crippen molar-refractivity contribution in [2.45, 2.75) is 50.0 Å². The topological polar surface area (TPSA) is 143 Å². The summed E-state index contributed by atoms with van der Waals surface area (Å²) < 4.78 is 17.2. The number of anilines is 2. The number of benzene rings is 4. The SMILES string of the molecule is CO[C@H](C(=O)N1CCCC1C(=O)Nc1ccc(-c2cnc(-c3ccc(NC(=O)C4CCCN4C(=O)[C@@H](OC)c4ccccc4)cc3)o2)cc1)c1ccccc1. The molecule has 282 valence electrons. The van der Waals surface area contributed by atoms with Crippen LogP contribution in [0.2, 0.25) is 0 Å². The minimum absolute atomic E-state index is 0.230. The van der Waals surface area contributed by atoms with Crippen LogP contribution in [0.3, 0.4) is 0 Å². The van der Waals surface area contributed by atoms with Crippen molar-refractivity contribution in [1.82, 2.24) is 14.8 Å². The lowest BCUT2D eigenvalue weighted by atomic mass is 10.1. The number of hydrogen-bond acceptors (Lipinski definition) is 8. The van der Waals surface area contributed by atoms with Crippen LogP contribution in [0.25, 0.3) is 22.8 Å². The molecular weight excluding hydrogens is 699 g/mol. The van der Waals surface area contributed by atoms with Crippen molar-refractivity contribution in [3.8, 4) is 22.8 Å². The second-order valence-corrected chi connectivity index (χ2v) is 13.6. The highest BCUT2D eigenvalue weighted by molar-refractivity contribution is 5.99. The van der Waals surface area contributed by atoms with E-state index in [9.17, 15) is 19.2 Å². The fourth-order valence-corrected chi connectivity index (χ4v) is 7.33. The highest BCUT2D eigenvalue weighted by Crippen LogP contribution is 2.31. The highest BCUT2D eigenvalue weighted by atomic mass is 16.5. The molecule has 2 unspecified atom stereocenters. The molecule has 5 aromatic rings. The predicted octanol–water partition coefficient (Wildman–Crippen LogP) is 6.64. The summed E-state index contributed by atoms with van der Waals surface area (Å²) in [5.74, 6) is -0.0201. The summed E-state index contributed by atoms with van der Waals surface area (Å²) in [6.07, 6.45) is 2.67. The van der Waals surface area contributed by atoms with Crippen LogP contribution in [0.15, 0.2) is 120 Å². The average molecular weight is 742 g/mol. The first kappa shape index (κ1) is 37.2. The largest absolute Gasteiger partial charge is 0.436 e. The number of ether oxygens (including phenoxy) is 2. The molecule has 0 saturated carbocycles. The van der Waals surface area contributed by atoms with Crippen molar-refractivity contribution in [1.29, 1.82) is 0 Å². The van der Waals surface area contributed by atoms with E-state index in [1.807, 2.05) is 84.9 Å².